The smallest absolute Gasteiger partial charge is 0.420 e. The number of nitrogens with zero attached hydrogens (tertiary/aromatic N) is 3. The number of pyridine rings is 2. The van der Waals surface area contributed by atoms with Gasteiger partial charge < -0.3 is 10.3 Å². The monoisotopic (exact) mass is 512 g/mol. The molecule has 12 heteroatoms. The molecule has 0 saturated carbocycles. The van der Waals surface area contributed by atoms with Crippen LogP contribution in [0.5, 0.6) is 0 Å². The summed E-state index contributed by atoms with van der Waals surface area (Å²) in [4.78, 5) is 8.00. The summed E-state index contributed by atoms with van der Waals surface area (Å²) in [5.41, 5.74) is 2.96. The van der Waals surface area contributed by atoms with Crippen molar-refractivity contribution < 1.29 is 30.9 Å². The van der Waals surface area contributed by atoms with Crippen molar-refractivity contribution in [2.75, 3.05) is 5.73 Å². The summed E-state index contributed by atoms with van der Waals surface area (Å²) < 4.78 is 95.0. The Bertz CT molecular complexity index is 1380. The summed E-state index contributed by atoms with van der Waals surface area (Å²) in [5, 5.41) is -0.122. The second kappa shape index (κ2) is 8.76. The Balaban J connectivity index is 1.90. The average Bonchev–Trinajstić information content (AvgIpc) is 3.20. The van der Waals surface area contributed by atoms with Gasteiger partial charge in [0.15, 0.2) is 4.90 Å². The van der Waals surface area contributed by atoms with Gasteiger partial charge in [0.2, 0.25) is 0 Å². The molecule has 0 amide bonds. The van der Waals surface area contributed by atoms with Crippen molar-refractivity contribution in [3.05, 3.63) is 66.1 Å². The number of hydrogen-bond acceptors (Lipinski definition) is 4. The molecule has 0 radical (unpaired) electrons. The van der Waals surface area contributed by atoms with Gasteiger partial charge in [0.25, 0.3) is 0 Å². The highest BCUT2D eigenvalue weighted by molar-refractivity contribution is 7.92. The van der Waals surface area contributed by atoms with Gasteiger partial charge >= 0.3 is 12.4 Å². The van der Waals surface area contributed by atoms with Crippen LogP contribution in [0.3, 0.4) is 0 Å². The highest BCUT2D eigenvalue weighted by Gasteiger charge is 2.36. The maximum atomic E-state index is 13.9. The molecule has 1 atom stereocenters. The van der Waals surface area contributed by atoms with Crippen LogP contribution < -0.4 is 5.73 Å². The van der Waals surface area contributed by atoms with Crippen molar-refractivity contribution in [1.82, 2.24) is 14.4 Å². The Hall–Kier alpha value is -3.25. The summed E-state index contributed by atoms with van der Waals surface area (Å²) >= 11 is -1.25. The Labute approximate surface area is 198 Å². The van der Waals surface area contributed by atoms with E-state index < -0.39 is 46.1 Å². The number of aromatic nitrogens is 3. The minimum absolute atomic E-state index is 0.122. The number of nitrogens with two attached hydrogens (primary N) is 1. The minimum Gasteiger partial charge on any atom is -0.611 e. The number of benzene rings is 1. The zero-order valence-corrected chi connectivity index (χ0v) is 19.1. The molecule has 0 aliphatic carbocycles. The van der Waals surface area contributed by atoms with Gasteiger partial charge in [-0.05, 0) is 61.4 Å². The predicted molar refractivity (Wildman–Crippen MR) is 120 cm³/mol. The molecule has 4 rings (SSSR count). The number of fused-ring (bicyclic) bond motifs is 1. The fourth-order valence-corrected chi connectivity index (χ4v) is 4.51. The van der Waals surface area contributed by atoms with Crippen LogP contribution in [0.1, 0.15) is 25.0 Å². The molecule has 5 nitrogen and oxygen atoms in total. The zero-order chi connectivity index (χ0) is 25.7. The van der Waals surface area contributed by atoms with Crippen molar-refractivity contribution in [2.45, 2.75) is 36.3 Å². The fourth-order valence-electron chi connectivity index (χ4n) is 3.56. The molecular weight excluding hydrogens is 494 g/mol. The van der Waals surface area contributed by atoms with Crippen LogP contribution in [0, 0.1) is 0 Å². The lowest BCUT2D eigenvalue weighted by Crippen LogP contribution is -2.13. The maximum Gasteiger partial charge on any atom is 0.420 e. The first kappa shape index (κ1) is 24.9. The average molecular weight is 512 g/mol. The summed E-state index contributed by atoms with van der Waals surface area (Å²) in [5.74, 6) is -0.777. The molecule has 3 aromatic heterocycles. The topological polar surface area (TPSA) is 79.3 Å². The van der Waals surface area contributed by atoms with Crippen LogP contribution in [0.25, 0.3) is 28.0 Å². The molecule has 3 heterocycles. The molecule has 1 aromatic carbocycles. The van der Waals surface area contributed by atoms with Crippen molar-refractivity contribution in [2.24, 2.45) is 0 Å². The normalized spacial score (nSPS) is 13.5. The predicted octanol–water partition coefficient (Wildman–Crippen LogP) is 6.20. The van der Waals surface area contributed by atoms with E-state index in [1.165, 1.54) is 12.4 Å². The summed E-state index contributed by atoms with van der Waals surface area (Å²) in [6.45, 7) is 3.59. The van der Waals surface area contributed by atoms with Crippen LogP contribution in [0.4, 0.5) is 32.2 Å². The fraction of sp³-hybridized carbons (Fsp3) is 0.217. The minimum atomic E-state index is -4.83. The quantitative estimate of drug-likeness (QED) is 0.261. The van der Waals surface area contributed by atoms with Gasteiger partial charge in [0.05, 0.1) is 23.0 Å². The van der Waals surface area contributed by atoms with Crippen molar-refractivity contribution >= 4 is 22.6 Å². The van der Waals surface area contributed by atoms with E-state index in [0.717, 1.165) is 16.7 Å². The maximum absolute atomic E-state index is 13.9. The molecule has 0 spiro atoms. The lowest BCUT2D eigenvalue weighted by molar-refractivity contribution is -0.137. The molecule has 0 bridgehead atoms. The number of hydrogen-bond donors (Lipinski definition) is 1. The van der Waals surface area contributed by atoms with Crippen LogP contribution in [-0.2, 0) is 23.5 Å². The molecule has 1 unspecified atom stereocenters. The van der Waals surface area contributed by atoms with E-state index in [4.69, 9.17) is 5.73 Å². The highest BCUT2D eigenvalue weighted by Crippen LogP contribution is 2.39. The number of imidazole rings is 1. The summed E-state index contributed by atoms with van der Waals surface area (Å²) in [6, 6.07) is 7.82. The van der Waals surface area contributed by atoms with Gasteiger partial charge in [-0.25, -0.2) is 9.97 Å². The third kappa shape index (κ3) is 4.80. The van der Waals surface area contributed by atoms with Gasteiger partial charge in [-0.15, -0.1) is 0 Å². The van der Waals surface area contributed by atoms with Crippen LogP contribution in [-0.4, -0.2) is 24.2 Å². The second-order valence-electron chi connectivity index (χ2n) is 8.00. The molecule has 0 saturated heterocycles. The molecule has 0 aliphatic heterocycles. The van der Waals surface area contributed by atoms with Crippen molar-refractivity contribution in [3.8, 4) is 22.4 Å². The summed E-state index contributed by atoms with van der Waals surface area (Å²) in [6.07, 6.45) is -6.17. The van der Waals surface area contributed by atoms with Gasteiger partial charge in [0.1, 0.15) is 16.7 Å². The lowest BCUT2D eigenvalue weighted by atomic mass is 10.0. The van der Waals surface area contributed by atoms with Crippen molar-refractivity contribution in [1.29, 1.82) is 0 Å². The van der Waals surface area contributed by atoms with E-state index >= 15 is 0 Å². The number of alkyl halides is 6. The zero-order valence-electron chi connectivity index (χ0n) is 18.3. The first-order valence-corrected chi connectivity index (χ1v) is 11.4. The van der Waals surface area contributed by atoms with Crippen molar-refractivity contribution in [3.63, 3.8) is 0 Å². The Morgan fingerprint density at radius 3 is 2.03 bits per heavy atom. The first-order valence-electron chi connectivity index (χ1n) is 10.2. The Morgan fingerprint density at radius 1 is 0.857 bits per heavy atom. The van der Waals surface area contributed by atoms with E-state index in [1.54, 1.807) is 38.1 Å². The number of rotatable bonds is 4. The second-order valence-corrected chi connectivity index (χ2v) is 10.0. The van der Waals surface area contributed by atoms with Gasteiger partial charge in [-0.1, -0.05) is 0 Å². The number of halogens is 6. The third-order valence-corrected chi connectivity index (χ3v) is 6.87. The number of anilines is 1. The number of nitrogen functional groups attached to an aromatic ring is 1. The summed E-state index contributed by atoms with van der Waals surface area (Å²) in [7, 11) is 0. The largest absolute Gasteiger partial charge is 0.611 e. The molecular formula is C23H18F6N4OS. The molecule has 184 valence electrons. The Morgan fingerprint density at radius 2 is 1.46 bits per heavy atom. The van der Waals surface area contributed by atoms with Gasteiger partial charge in [-0.3, -0.25) is 4.40 Å². The van der Waals surface area contributed by atoms with E-state index in [2.05, 4.69) is 9.97 Å². The molecule has 4 aromatic rings. The first-order chi connectivity index (χ1) is 16.3. The van der Waals surface area contributed by atoms with Crippen LogP contribution in [0.2, 0.25) is 0 Å². The Kier molecular flexibility index (Phi) is 6.22. The lowest BCUT2D eigenvalue weighted by Gasteiger charge is -2.15. The van der Waals surface area contributed by atoms with Gasteiger partial charge in [-0.2, -0.15) is 26.3 Å². The SMILES string of the molecule is CC(C)[S+]([O-])c1ccc(-c2cnc3c(C(F)(F)F)cc(-c4cnc(N)c(C(F)(F)F)c4)cn23)cc1. The third-order valence-electron chi connectivity index (χ3n) is 5.28. The van der Waals surface area contributed by atoms with Gasteiger partial charge in [0, 0.05) is 29.1 Å². The van der Waals surface area contributed by atoms with Crippen LogP contribution >= 0.6 is 0 Å². The van der Waals surface area contributed by atoms with Crippen LogP contribution in [0.15, 0.2) is 59.9 Å². The molecule has 0 fully saturated rings. The van der Waals surface area contributed by atoms with E-state index in [-0.39, 0.29) is 22.1 Å². The van der Waals surface area contributed by atoms with E-state index in [1.807, 2.05) is 0 Å². The van der Waals surface area contributed by atoms with E-state index in [0.29, 0.717) is 16.5 Å². The highest BCUT2D eigenvalue weighted by atomic mass is 32.2. The molecule has 35 heavy (non-hydrogen) atoms. The molecule has 2 N–H and O–H groups in total. The van der Waals surface area contributed by atoms with E-state index in [9.17, 15) is 30.9 Å². The molecule has 0 aliphatic rings. The standard InChI is InChI=1S/C23H18F6N4OS/c1-12(2)35(34)16-5-3-13(4-6-16)19-10-32-21-18(23(27,28)29)8-15(11-33(19)21)14-7-17(22(24,25)26)20(30)31-9-14/h3-12H,1-2H3,(H2,30,31).